The highest BCUT2D eigenvalue weighted by molar-refractivity contribution is 5.85. The average Bonchev–Trinajstić information content (AvgIpc) is 3.02. The molecule has 3 N–H and O–H groups in total. The van der Waals surface area contributed by atoms with Crippen molar-refractivity contribution in [2.24, 2.45) is 0 Å². The van der Waals surface area contributed by atoms with E-state index >= 15 is 0 Å². The number of aliphatic hydroxyl groups excluding tert-OH is 1. The molecule has 0 aliphatic carbocycles. The van der Waals surface area contributed by atoms with E-state index < -0.39 is 0 Å². The molecule has 6 nitrogen and oxygen atoms in total. The molecule has 1 fully saturated rings. The molecule has 2 aromatic carbocycles. The fourth-order valence-corrected chi connectivity index (χ4v) is 4.21. The lowest BCUT2D eigenvalue weighted by atomic mass is 9.99. The molecule has 0 spiro atoms. The van der Waals surface area contributed by atoms with Crippen LogP contribution in [0.4, 0.5) is 0 Å². The maximum Gasteiger partial charge on any atom is 0.326 e. The number of aromatic nitrogens is 2. The number of phenolic OH excluding ortho intramolecular Hbond substituents is 1. The molecule has 3 aromatic rings. The van der Waals surface area contributed by atoms with Crippen LogP contribution in [0.15, 0.2) is 53.3 Å². The first-order valence-electron chi connectivity index (χ1n) is 9.48. The fraction of sp³-hybridized carbons (Fsp3) is 0.381. The minimum Gasteiger partial charge on any atom is -0.508 e. The van der Waals surface area contributed by atoms with Gasteiger partial charge in [-0.3, -0.25) is 9.47 Å². The molecule has 1 aromatic heterocycles. The number of imidazole rings is 1. The Bertz CT molecular complexity index is 976. The molecule has 0 bridgehead atoms. The quantitative estimate of drug-likeness (QED) is 0.611. The number of benzene rings is 2. The van der Waals surface area contributed by atoms with Crippen molar-refractivity contribution in [1.29, 1.82) is 0 Å². The molecular formula is C21H26ClN3O3. The number of aromatic amines is 1. The number of hydrogen-bond acceptors (Lipinski definition) is 4. The number of aromatic hydroxyl groups is 1. The van der Waals surface area contributed by atoms with Gasteiger partial charge >= 0.3 is 5.69 Å². The Kier molecular flexibility index (Phi) is 6.44. The van der Waals surface area contributed by atoms with Crippen molar-refractivity contribution in [3.8, 4) is 5.75 Å². The molecule has 1 atom stereocenters. The van der Waals surface area contributed by atoms with Gasteiger partial charge in [-0.25, -0.2) is 4.79 Å². The molecule has 1 saturated heterocycles. The summed E-state index contributed by atoms with van der Waals surface area (Å²) in [6, 6.07) is 15.2. The molecule has 4 rings (SSSR count). The number of nitrogens with one attached hydrogen (secondary N) is 1. The van der Waals surface area contributed by atoms with Crippen LogP contribution < -0.4 is 5.69 Å². The summed E-state index contributed by atoms with van der Waals surface area (Å²) in [5, 5.41) is 19.5. The van der Waals surface area contributed by atoms with Gasteiger partial charge in [0.15, 0.2) is 0 Å². The van der Waals surface area contributed by atoms with E-state index in [0.29, 0.717) is 6.42 Å². The minimum atomic E-state index is -0.0480. The topological polar surface area (TPSA) is 81.5 Å². The van der Waals surface area contributed by atoms with Crippen LogP contribution in [0.2, 0.25) is 0 Å². The molecule has 1 unspecified atom stereocenters. The molecule has 1 aliphatic rings. The number of piperidine rings is 1. The number of hydrogen-bond donors (Lipinski definition) is 3. The van der Waals surface area contributed by atoms with Crippen molar-refractivity contribution in [2.75, 3.05) is 19.7 Å². The second-order valence-electron chi connectivity index (χ2n) is 7.29. The number of halogens is 1. The number of fused-ring (bicyclic) bond motifs is 1. The zero-order valence-corrected chi connectivity index (χ0v) is 16.4. The molecule has 2 heterocycles. The number of aliphatic hydroxyl groups is 1. The molecule has 1 aliphatic heterocycles. The first-order valence-corrected chi connectivity index (χ1v) is 9.48. The molecule has 7 heteroatoms. The van der Waals surface area contributed by atoms with Crippen molar-refractivity contribution in [1.82, 2.24) is 14.5 Å². The van der Waals surface area contributed by atoms with Crippen molar-refractivity contribution in [2.45, 2.75) is 31.3 Å². The van der Waals surface area contributed by atoms with Crippen LogP contribution in [-0.4, -0.2) is 50.4 Å². The summed E-state index contributed by atoms with van der Waals surface area (Å²) in [6.45, 7) is 1.74. The van der Waals surface area contributed by atoms with Crippen LogP contribution >= 0.6 is 12.4 Å². The molecule has 0 amide bonds. The number of para-hydroxylation sites is 2. The highest BCUT2D eigenvalue weighted by atomic mass is 35.5. The Morgan fingerprint density at radius 1 is 1.11 bits per heavy atom. The lowest BCUT2D eigenvalue weighted by Crippen LogP contribution is -2.45. The number of likely N-dealkylation sites (tertiary alicyclic amines) is 1. The van der Waals surface area contributed by atoms with Crippen LogP contribution in [0.5, 0.6) is 5.75 Å². The Labute approximate surface area is 169 Å². The van der Waals surface area contributed by atoms with E-state index in [1.165, 1.54) is 0 Å². The monoisotopic (exact) mass is 403 g/mol. The highest BCUT2D eigenvalue weighted by Gasteiger charge is 2.27. The van der Waals surface area contributed by atoms with E-state index in [1.807, 2.05) is 41.0 Å². The second-order valence-corrected chi connectivity index (χ2v) is 7.29. The van der Waals surface area contributed by atoms with E-state index in [1.54, 1.807) is 12.1 Å². The number of H-pyrrole nitrogens is 1. The van der Waals surface area contributed by atoms with Gasteiger partial charge in [-0.15, -0.1) is 12.4 Å². The lowest BCUT2D eigenvalue weighted by Gasteiger charge is -2.37. The van der Waals surface area contributed by atoms with E-state index in [-0.39, 0.29) is 42.5 Å². The van der Waals surface area contributed by atoms with E-state index in [0.717, 1.165) is 42.5 Å². The zero-order chi connectivity index (χ0) is 18.8. The van der Waals surface area contributed by atoms with Crippen LogP contribution in [0.1, 0.15) is 24.4 Å². The van der Waals surface area contributed by atoms with Crippen LogP contribution in [-0.2, 0) is 6.42 Å². The SMILES string of the molecule is Cl.O=c1[nH]c2ccccc2n1C1CCN(C(CO)Cc2cccc(O)c2)CC1. The third kappa shape index (κ3) is 4.09. The van der Waals surface area contributed by atoms with Crippen LogP contribution in [0, 0.1) is 0 Å². The number of rotatable bonds is 5. The van der Waals surface area contributed by atoms with Crippen molar-refractivity contribution in [3.05, 3.63) is 64.6 Å². The van der Waals surface area contributed by atoms with Crippen molar-refractivity contribution >= 4 is 23.4 Å². The first-order chi connectivity index (χ1) is 13.2. The Hall–Kier alpha value is -2.28. The van der Waals surface area contributed by atoms with Gasteiger partial charge in [0.05, 0.1) is 17.6 Å². The molecular weight excluding hydrogens is 378 g/mol. The zero-order valence-electron chi connectivity index (χ0n) is 15.6. The Morgan fingerprint density at radius 2 is 1.86 bits per heavy atom. The van der Waals surface area contributed by atoms with Crippen molar-refractivity contribution < 1.29 is 10.2 Å². The predicted octanol–water partition coefficient (Wildman–Crippen LogP) is 2.70. The molecule has 0 radical (unpaired) electrons. The fourth-order valence-electron chi connectivity index (χ4n) is 4.21. The van der Waals surface area contributed by atoms with Crippen molar-refractivity contribution in [3.63, 3.8) is 0 Å². The van der Waals surface area contributed by atoms with Gasteiger partial charge in [-0.2, -0.15) is 0 Å². The summed E-state index contributed by atoms with van der Waals surface area (Å²) < 4.78 is 1.88. The van der Waals surface area contributed by atoms with Gasteiger partial charge in [0.25, 0.3) is 0 Å². The lowest BCUT2D eigenvalue weighted by molar-refractivity contribution is 0.0884. The van der Waals surface area contributed by atoms with Gasteiger partial charge < -0.3 is 15.2 Å². The van der Waals surface area contributed by atoms with Crippen LogP contribution in [0.3, 0.4) is 0 Å². The summed E-state index contributed by atoms with van der Waals surface area (Å²) >= 11 is 0. The molecule has 150 valence electrons. The summed E-state index contributed by atoms with van der Waals surface area (Å²) in [5.74, 6) is 0.251. The van der Waals surface area contributed by atoms with E-state index in [4.69, 9.17) is 0 Å². The Morgan fingerprint density at radius 3 is 2.57 bits per heavy atom. The number of phenols is 1. The number of nitrogens with zero attached hydrogens (tertiary/aromatic N) is 2. The summed E-state index contributed by atoms with van der Waals surface area (Å²) in [5.41, 5.74) is 2.80. The third-order valence-electron chi connectivity index (χ3n) is 5.60. The highest BCUT2D eigenvalue weighted by Crippen LogP contribution is 2.26. The normalized spacial score (nSPS) is 16.8. The predicted molar refractivity (Wildman–Crippen MR) is 112 cm³/mol. The third-order valence-corrected chi connectivity index (χ3v) is 5.60. The van der Waals surface area contributed by atoms with Gasteiger partial charge in [-0.05, 0) is 49.1 Å². The van der Waals surface area contributed by atoms with E-state index in [2.05, 4.69) is 9.88 Å². The van der Waals surface area contributed by atoms with Gasteiger partial charge in [0, 0.05) is 25.2 Å². The smallest absolute Gasteiger partial charge is 0.326 e. The van der Waals surface area contributed by atoms with Gasteiger partial charge in [0.2, 0.25) is 0 Å². The maximum absolute atomic E-state index is 12.4. The first kappa shape index (κ1) is 20.5. The maximum atomic E-state index is 12.4. The second kappa shape index (κ2) is 8.82. The molecule has 0 saturated carbocycles. The summed E-state index contributed by atoms with van der Waals surface area (Å²) in [6.07, 6.45) is 2.44. The minimum absolute atomic E-state index is 0. The van der Waals surface area contributed by atoms with E-state index in [9.17, 15) is 15.0 Å². The average molecular weight is 404 g/mol. The van der Waals surface area contributed by atoms with Crippen LogP contribution in [0.25, 0.3) is 11.0 Å². The standard InChI is InChI=1S/C21H25N3O3.ClH/c25-14-17(12-15-4-3-5-18(26)13-15)23-10-8-16(9-11-23)24-20-7-2-1-6-19(20)22-21(24)27;/h1-7,13,16-17,25-26H,8-12,14H2,(H,22,27);1H. The summed E-state index contributed by atoms with van der Waals surface area (Å²) in [4.78, 5) is 17.6. The summed E-state index contributed by atoms with van der Waals surface area (Å²) in [7, 11) is 0. The Balaban J connectivity index is 0.00000225. The molecule has 28 heavy (non-hydrogen) atoms. The van der Waals surface area contributed by atoms with Gasteiger partial charge in [0.1, 0.15) is 5.75 Å². The van der Waals surface area contributed by atoms with Gasteiger partial charge in [-0.1, -0.05) is 24.3 Å². The largest absolute Gasteiger partial charge is 0.508 e.